The van der Waals surface area contributed by atoms with E-state index >= 15 is 0 Å². The van der Waals surface area contributed by atoms with Gasteiger partial charge in [-0.15, -0.1) is 0 Å². The summed E-state index contributed by atoms with van der Waals surface area (Å²) in [5, 5.41) is 3.13. The number of benzene rings is 1. The van der Waals surface area contributed by atoms with Crippen molar-refractivity contribution in [1.29, 1.82) is 0 Å². The quantitative estimate of drug-likeness (QED) is 0.725. The van der Waals surface area contributed by atoms with Crippen LogP contribution in [0.15, 0.2) is 29.3 Å². The highest BCUT2D eigenvalue weighted by molar-refractivity contribution is 5.88. The minimum atomic E-state index is 0.500. The number of hydrogen-bond donors (Lipinski definition) is 1. The molecule has 0 bridgehead atoms. The number of rotatable bonds is 3. The van der Waals surface area contributed by atoms with Crippen LogP contribution in [0.4, 0.5) is 11.4 Å². The lowest BCUT2D eigenvalue weighted by molar-refractivity contribution is 0.879. The Morgan fingerprint density at radius 2 is 1.93 bits per heavy atom. The largest absolute Gasteiger partial charge is 0.386 e. The molecule has 2 nitrogen and oxygen atoms in total. The smallest absolute Gasteiger partial charge is 0.0860 e. The Morgan fingerprint density at radius 1 is 1.29 bits per heavy atom. The maximum atomic E-state index is 4.58. The normalized spacial score (nSPS) is 11.9. The molecule has 0 fully saturated rings. The Labute approximate surface area is 86.1 Å². The molecule has 76 valence electrons. The Morgan fingerprint density at radius 3 is 2.50 bits per heavy atom. The third-order valence-electron chi connectivity index (χ3n) is 2.31. The third-order valence-corrected chi connectivity index (χ3v) is 2.31. The van der Waals surface area contributed by atoms with Crippen LogP contribution in [0.25, 0.3) is 0 Å². The first-order valence-electron chi connectivity index (χ1n) is 4.97. The molecular weight excluding hydrogens is 172 g/mol. The van der Waals surface area contributed by atoms with Crippen LogP contribution in [-0.4, -0.2) is 12.8 Å². The lowest BCUT2D eigenvalue weighted by Gasteiger charge is -2.07. The first kappa shape index (κ1) is 10.8. The van der Waals surface area contributed by atoms with Crippen molar-refractivity contribution < 1.29 is 0 Å². The maximum Gasteiger partial charge on any atom is 0.0860 e. The monoisotopic (exact) mass is 190 g/mol. The van der Waals surface area contributed by atoms with Crippen molar-refractivity contribution in [2.24, 2.45) is 10.9 Å². The van der Waals surface area contributed by atoms with Crippen molar-refractivity contribution >= 4 is 17.1 Å². The molecule has 1 aromatic carbocycles. The summed E-state index contributed by atoms with van der Waals surface area (Å²) >= 11 is 0. The molecule has 0 unspecified atom stereocenters. The van der Waals surface area contributed by atoms with Crippen LogP contribution in [-0.2, 0) is 0 Å². The van der Waals surface area contributed by atoms with E-state index in [1.165, 1.54) is 0 Å². The minimum absolute atomic E-state index is 0.500. The van der Waals surface area contributed by atoms with E-state index in [1.54, 1.807) is 0 Å². The van der Waals surface area contributed by atoms with E-state index in [1.807, 2.05) is 31.3 Å². The van der Waals surface area contributed by atoms with E-state index < -0.39 is 0 Å². The summed E-state index contributed by atoms with van der Waals surface area (Å²) in [6, 6.07) is 8.08. The van der Waals surface area contributed by atoms with Crippen LogP contribution in [0.2, 0.25) is 0 Å². The zero-order chi connectivity index (χ0) is 10.6. The molecule has 1 rings (SSSR count). The Kier molecular flexibility index (Phi) is 3.69. The van der Waals surface area contributed by atoms with Crippen molar-refractivity contribution in [3.63, 3.8) is 0 Å². The molecule has 1 aromatic rings. The molecule has 0 heterocycles. The molecule has 0 aliphatic heterocycles. The van der Waals surface area contributed by atoms with Gasteiger partial charge in [-0.3, -0.25) is 4.99 Å². The molecule has 0 radical (unpaired) electrons. The van der Waals surface area contributed by atoms with E-state index in [2.05, 4.69) is 31.1 Å². The van der Waals surface area contributed by atoms with Gasteiger partial charge in [0.1, 0.15) is 0 Å². The molecule has 0 amide bonds. The highest BCUT2D eigenvalue weighted by Gasteiger charge is 2.01. The summed E-state index contributed by atoms with van der Waals surface area (Å²) in [5.74, 6) is 0.500. The highest BCUT2D eigenvalue weighted by Crippen LogP contribution is 2.24. The number of nitrogens with zero attached hydrogens (tertiary/aromatic N) is 1. The van der Waals surface area contributed by atoms with Gasteiger partial charge in [0.25, 0.3) is 0 Å². The third kappa shape index (κ3) is 2.59. The van der Waals surface area contributed by atoms with Crippen molar-refractivity contribution in [3.8, 4) is 0 Å². The average Bonchev–Trinajstić information content (AvgIpc) is 2.18. The Bertz CT molecular complexity index is 327. The summed E-state index contributed by atoms with van der Waals surface area (Å²) in [5.41, 5.74) is 3.25. The molecule has 0 aliphatic rings. The number of anilines is 1. The van der Waals surface area contributed by atoms with Gasteiger partial charge in [-0.1, -0.05) is 26.0 Å². The summed E-state index contributed by atoms with van der Waals surface area (Å²) in [6.07, 6.45) is 0. The molecular formula is C12H18N2. The first-order valence-corrected chi connectivity index (χ1v) is 4.97. The van der Waals surface area contributed by atoms with Crippen LogP contribution >= 0.6 is 0 Å². The van der Waals surface area contributed by atoms with E-state index in [9.17, 15) is 0 Å². The van der Waals surface area contributed by atoms with Crippen LogP contribution < -0.4 is 5.32 Å². The van der Waals surface area contributed by atoms with E-state index in [4.69, 9.17) is 0 Å². The second-order valence-corrected chi connectivity index (χ2v) is 3.68. The van der Waals surface area contributed by atoms with Crippen molar-refractivity contribution in [2.75, 3.05) is 12.4 Å². The van der Waals surface area contributed by atoms with Gasteiger partial charge in [-0.2, -0.15) is 0 Å². The number of para-hydroxylation sites is 2. The van der Waals surface area contributed by atoms with Crippen LogP contribution in [0.5, 0.6) is 0 Å². The Balaban J connectivity index is 3.01. The van der Waals surface area contributed by atoms with Gasteiger partial charge in [0.2, 0.25) is 0 Å². The number of aliphatic imine (C=N–C) groups is 1. The molecule has 0 saturated carbocycles. The van der Waals surface area contributed by atoms with Gasteiger partial charge in [0, 0.05) is 12.8 Å². The van der Waals surface area contributed by atoms with Gasteiger partial charge in [-0.05, 0) is 25.0 Å². The second kappa shape index (κ2) is 4.80. The van der Waals surface area contributed by atoms with Crippen molar-refractivity contribution in [3.05, 3.63) is 24.3 Å². The predicted molar refractivity (Wildman–Crippen MR) is 63.6 cm³/mol. The van der Waals surface area contributed by atoms with Gasteiger partial charge < -0.3 is 5.32 Å². The fourth-order valence-electron chi connectivity index (χ4n) is 1.10. The molecule has 0 saturated heterocycles. The predicted octanol–water partition coefficient (Wildman–Crippen LogP) is 3.48. The topological polar surface area (TPSA) is 24.4 Å². The molecule has 2 heteroatoms. The van der Waals surface area contributed by atoms with Crippen LogP contribution in [0.1, 0.15) is 20.8 Å². The van der Waals surface area contributed by atoms with Gasteiger partial charge in [0.05, 0.1) is 11.4 Å². The van der Waals surface area contributed by atoms with Gasteiger partial charge in [0.15, 0.2) is 0 Å². The summed E-state index contributed by atoms with van der Waals surface area (Å²) < 4.78 is 0. The minimum Gasteiger partial charge on any atom is -0.386 e. The Hall–Kier alpha value is -1.31. The molecule has 0 aromatic heterocycles. The average molecular weight is 190 g/mol. The van der Waals surface area contributed by atoms with Crippen molar-refractivity contribution in [1.82, 2.24) is 0 Å². The van der Waals surface area contributed by atoms with Crippen LogP contribution in [0, 0.1) is 5.92 Å². The SMILES string of the molecule is CNc1ccccc1/N=C(\C)C(C)C. The zero-order valence-electron chi connectivity index (χ0n) is 9.33. The maximum absolute atomic E-state index is 4.58. The summed E-state index contributed by atoms with van der Waals surface area (Å²) in [4.78, 5) is 4.58. The highest BCUT2D eigenvalue weighted by atomic mass is 14.9. The molecule has 0 atom stereocenters. The van der Waals surface area contributed by atoms with Crippen molar-refractivity contribution in [2.45, 2.75) is 20.8 Å². The number of hydrogen-bond acceptors (Lipinski definition) is 2. The molecule has 14 heavy (non-hydrogen) atoms. The molecule has 0 aliphatic carbocycles. The van der Waals surface area contributed by atoms with E-state index in [-0.39, 0.29) is 0 Å². The summed E-state index contributed by atoms with van der Waals surface area (Å²) in [7, 11) is 1.92. The van der Waals surface area contributed by atoms with E-state index in [0.29, 0.717) is 5.92 Å². The molecule has 1 N–H and O–H groups in total. The lowest BCUT2D eigenvalue weighted by atomic mass is 10.1. The first-order chi connectivity index (χ1) is 6.65. The fourth-order valence-corrected chi connectivity index (χ4v) is 1.10. The van der Waals surface area contributed by atoms with Crippen LogP contribution in [0.3, 0.4) is 0 Å². The summed E-state index contributed by atoms with van der Waals surface area (Å²) in [6.45, 7) is 6.37. The zero-order valence-corrected chi connectivity index (χ0v) is 9.33. The van der Waals surface area contributed by atoms with Gasteiger partial charge >= 0.3 is 0 Å². The standard InChI is InChI=1S/C12H18N2/c1-9(2)10(3)14-12-8-6-5-7-11(12)13-4/h5-9,13H,1-4H3/b14-10+. The van der Waals surface area contributed by atoms with E-state index in [0.717, 1.165) is 17.1 Å². The second-order valence-electron chi connectivity index (χ2n) is 3.68. The lowest BCUT2D eigenvalue weighted by Crippen LogP contribution is -2.01. The van der Waals surface area contributed by atoms with Gasteiger partial charge in [-0.25, -0.2) is 0 Å². The number of nitrogens with one attached hydrogen (secondary N) is 1. The fraction of sp³-hybridized carbons (Fsp3) is 0.417. The molecule has 0 spiro atoms.